The van der Waals surface area contributed by atoms with Gasteiger partial charge >= 0.3 is 0 Å². The molecule has 0 unspecified atom stereocenters. The zero-order chi connectivity index (χ0) is 28.6. The second kappa shape index (κ2) is 11.2. The van der Waals surface area contributed by atoms with E-state index in [0.717, 1.165) is 85.7 Å². The van der Waals surface area contributed by atoms with Gasteiger partial charge in [0.05, 0.1) is 12.3 Å². The highest BCUT2D eigenvalue weighted by molar-refractivity contribution is 7.91. The van der Waals surface area contributed by atoms with Gasteiger partial charge in [-0.15, -0.1) is 0 Å². The summed E-state index contributed by atoms with van der Waals surface area (Å²) in [6.07, 6.45) is 9.04. The van der Waals surface area contributed by atoms with Crippen molar-refractivity contribution in [2.75, 3.05) is 42.6 Å². The predicted octanol–water partition coefficient (Wildman–Crippen LogP) is 4.20. The van der Waals surface area contributed by atoms with Crippen LogP contribution in [0.5, 0.6) is 5.75 Å². The van der Waals surface area contributed by atoms with Crippen LogP contribution in [0.25, 0.3) is 11.1 Å². The molecule has 1 fully saturated rings. The lowest BCUT2D eigenvalue weighted by Gasteiger charge is -2.33. The fraction of sp³-hybridized carbons (Fsp3) is 0.516. The summed E-state index contributed by atoms with van der Waals surface area (Å²) in [6, 6.07) is 7.68. The number of sulfone groups is 1. The van der Waals surface area contributed by atoms with Crippen LogP contribution in [0, 0.1) is 11.3 Å². The molecule has 218 valence electrons. The predicted molar refractivity (Wildman–Crippen MR) is 161 cm³/mol. The second-order valence-electron chi connectivity index (χ2n) is 12.5. The molecule has 0 radical (unpaired) electrons. The SMILES string of the molecule is CC1(C)CCc2ncnc(N3CCOc4ccc(-c5cnc(N)c(S(=O)(=O)CCC6CCNCC6)c5)cc4C3)c2C1. The average molecular weight is 577 g/mol. The number of piperidine rings is 1. The Hall–Kier alpha value is -3.24. The summed E-state index contributed by atoms with van der Waals surface area (Å²) in [4.78, 5) is 16.0. The number of aromatic nitrogens is 3. The largest absolute Gasteiger partial charge is 0.491 e. The molecular formula is C31H40N6O3S. The number of hydrogen-bond donors (Lipinski definition) is 2. The molecule has 1 aliphatic carbocycles. The average Bonchev–Trinajstić information content (AvgIpc) is 3.18. The van der Waals surface area contributed by atoms with E-state index in [9.17, 15) is 8.42 Å². The van der Waals surface area contributed by atoms with E-state index in [-0.39, 0.29) is 21.9 Å². The number of nitrogens with two attached hydrogens (primary N) is 1. The molecule has 0 saturated carbocycles. The minimum Gasteiger partial charge on any atom is -0.491 e. The summed E-state index contributed by atoms with van der Waals surface area (Å²) in [5.74, 6) is 2.38. The van der Waals surface area contributed by atoms with Crippen LogP contribution in [0.4, 0.5) is 11.6 Å². The Labute approximate surface area is 242 Å². The number of aryl methyl sites for hydroxylation is 1. The third kappa shape index (κ3) is 6.04. The van der Waals surface area contributed by atoms with Gasteiger partial charge in [-0.3, -0.25) is 0 Å². The van der Waals surface area contributed by atoms with Crippen molar-refractivity contribution in [3.8, 4) is 16.9 Å². The fourth-order valence-corrected chi connectivity index (χ4v) is 7.89. The smallest absolute Gasteiger partial charge is 0.182 e. The molecule has 10 heteroatoms. The Morgan fingerprint density at radius 1 is 1.12 bits per heavy atom. The molecule has 4 heterocycles. The van der Waals surface area contributed by atoms with Crippen molar-refractivity contribution in [3.05, 3.63) is 53.6 Å². The van der Waals surface area contributed by atoms with Gasteiger partial charge in [0.25, 0.3) is 0 Å². The molecule has 6 rings (SSSR count). The summed E-state index contributed by atoms with van der Waals surface area (Å²) in [7, 11) is -3.56. The van der Waals surface area contributed by atoms with Crippen LogP contribution in [-0.2, 0) is 29.2 Å². The van der Waals surface area contributed by atoms with E-state index in [1.165, 1.54) is 5.56 Å². The zero-order valence-electron chi connectivity index (χ0n) is 24.0. The number of nitrogens with zero attached hydrogens (tertiary/aromatic N) is 4. The number of anilines is 2. The molecule has 3 N–H and O–H groups in total. The van der Waals surface area contributed by atoms with E-state index < -0.39 is 9.84 Å². The number of hydrogen-bond acceptors (Lipinski definition) is 9. The maximum absolute atomic E-state index is 13.3. The van der Waals surface area contributed by atoms with Crippen LogP contribution in [0.15, 0.2) is 41.7 Å². The van der Waals surface area contributed by atoms with Crippen molar-refractivity contribution < 1.29 is 13.2 Å². The first kappa shape index (κ1) is 27.9. The van der Waals surface area contributed by atoms with Crippen LogP contribution < -0.4 is 20.7 Å². The standard InChI is InChI=1S/C31H40N6O3S/c1-31(2)9-5-26-25(17-31)30(36-20-35-26)37-12-13-40-27-4-3-22(15-24(27)19-37)23-16-28(29(32)34-18-23)41(38,39)14-8-21-6-10-33-11-7-21/h3-4,15-16,18,20-21,33H,5-14,17,19H2,1-2H3,(H2,32,34). The Morgan fingerprint density at radius 2 is 1.95 bits per heavy atom. The molecule has 1 aromatic carbocycles. The molecule has 3 aliphatic rings. The van der Waals surface area contributed by atoms with Crippen LogP contribution in [0.2, 0.25) is 0 Å². The van der Waals surface area contributed by atoms with Gasteiger partial charge in [0.15, 0.2) is 9.84 Å². The van der Waals surface area contributed by atoms with E-state index in [4.69, 9.17) is 15.5 Å². The summed E-state index contributed by atoms with van der Waals surface area (Å²) in [5.41, 5.74) is 11.3. The highest BCUT2D eigenvalue weighted by Gasteiger charge is 2.31. The van der Waals surface area contributed by atoms with Gasteiger partial charge in [-0.2, -0.15) is 0 Å². The van der Waals surface area contributed by atoms with Crippen molar-refractivity contribution >= 4 is 21.5 Å². The van der Waals surface area contributed by atoms with Crippen molar-refractivity contribution in [1.82, 2.24) is 20.3 Å². The molecule has 41 heavy (non-hydrogen) atoms. The van der Waals surface area contributed by atoms with Gasteiger partial charge in [0, 0.05) is 35.1 Å². The van der Waals surface area contributed by atoms with E-state index >= 15 is 0 Å². The molecular weight excluding hydrogens is 536 g/mol. The zero-order valence-corrected chi connectivity index (χ0v) is 24.8. The van der Waals surface area contributed by atoms with Crippen molar-refractivity contribution in [2.45, 2.75) is 63.8 Å². The van der Waals surface area contributed by atoms with E-state index in [2.05, 4.69) is 40.1 Å². The topological polar surface area (TPSA) is 123 Å². The Bertz CT molecular complexity index is 1530. The van der Waals surface area contributed by atoms with Crippen molar-refractivity contribution in [2.24, 2.45) is 11.3 Å². The molecule has 1 saturated heterocycles. The maximum atomic E-state index is 13.3. The summed E-state index contributed by atoms with van der Waals surface area (Å²) < 4.78 is 32.8. The van der Waals surface area contributed by atoms with Crippen molar-refractivity contribution in [1.29, 1.82) is 0 Å². The van der Waals surface area contributed by atoms with Crippen LogP contribution in [0.3, 0.4) is 0 Å². The summed E-state index contributed by atoms with van der Waals surface area (Å²) in [5, 5.41) is 3.33. The van der Waals surface area contributed by atoms with Crippen LogP contribution in [0.1, 0.15) is 56.4 Å². The number of nitrogens with one attached hydrogen (secondary N) is 1. The van der Waals surface area contributed by atoms with Gasteiger partial charge < -0.3 is 20.7 Å². The molecule has 2 aliphatic heterocycles. The van der Waals surface area contributed by atoms with Crippen molar-refractivity contribution in [3.63, 3.8) is 0 Å². The Kier molecular flexibility index (Phi) is 7.63. The molecule has 9 nitrogen and oxygen atoms in total. The first-order valence-corrected chi connectivity index (χ1v) is 16.4. The Morgan fingerprint density at radius 3 is 2.78 bits per heavy atom. The number of ether oxygens (including phenoxy) is 1. The molecule has 3 aromatic rings. The normalized spacial score (nSPS) is 19.1. The number of pyridine rings is 1. The third-order valence-corrected chi connectivity index (χ3v) is 10.6. The quantitative estimate of drug-likeness (QED) is 0.444. The number of benzene rings is 1. The van der Waals surface area contributed by atoms with Crippen LogP contribution >= 0.6 is 0 Å². The van der Waals surface area contributed by atoms with Crippen LogP contribution in [-0.4, -0.2) is 55.4 Å². The van der Waals surface area contributed by atoms with Gasteiger partial charge in [-0.1, -0.05) is 19.9 Å². The summed E-state index contributed by atoms with van der Waals surface area (Å²) in [6.45, 7) is 8.41. The monoisotopic (exact) mass is 576 g/mol. The maximum Gasteiger partial charge on any atom is 0.182 e. The highest BCUT2D eigenvalue weighted by Crippen LogP contribution is 2.39. The van der Waals surface area contributed by atoms with E-state index in [1.54, 1.807) is 18.6 Å². The van der Waals surface area contributed by atoms with Gasteiger partial charge in [-0.05, 0) is 86.7 Å². The van der Waals surface area contributed by atoms with Gasteiger partial charge in [-0.25, -0.2) is 23.4 Å². The summed E-state index contributed by atoms with van der Waals surface area (Å²) >= 11 is 0. The fourth-order valence-electron chi connectivity index (χ4n) is 6.35. The first-order valence-electron chi connectivity index (χ1n) is 14.7. The molecule has 0 spiro atoms. The molecule has 0 bridgehead atoms. The minimum absolute atomic E-state index is 0.0554. The third-order valence-electron chi connectivity index (χ3n) is 8.85. The van der Waals surface area contributed by atoms with Gasteiger partial charge in [0.2, 0.25) is 0 Å². The number of nitrogen functional groups attached to an aromatic ring is 1. The Balaban J connectivity index is 1.27. The second-order valence-corrected chi connectivity index (χ2v) is 14.5. The highest BCUT2D eigenvalue weighted by atomic mass is 32.2. The molecule has 0 amide bonds. The molecule has 2 aromatic heterocycles. The lowest BCUT2D eigenvalue weighted by atomic mass is 9.76. The lowest BCUT2D eigenvalue weighted by molar-refractivity contribution is 0.310. The first-order chi connectivity index (χ1) is 19.7. The minimum atomic E-state index is -3.56. The van der Waals surface area contributed by atoms with Gasteiger partial charge in [0.1, 0.15) is 35.2 Å². The molecule has 0 atom stereocenters. The number of rotatable bonds is 6. The van der Waals surface area contributed by atoms with E-state index in [0.29, 0.717) is 25.5 Å². The number of fused-ring (bicyclic) bond motifs is 2. The lowest BCUT2D eigenvalue weighted by Crippen LogP contribution is -2.31. The van der Waals surface area contributed by atoms with E-state index in [1.807, 2.05) is 12.1 Å².